The summed E-state index contributed by atoms with van der Waals surface area (Å²) in [6.45, 7) is 3.87. The van der Waals surface area contributed by atoms with Crippen molar-refractivity contribution in [2.24, 2.45) is 5.92 Å². The third-order valence-corrected chi connectivity index (χ3v) is 5.67. The van der Waals surface area contributed by atoms with Gasteiger partial charge in [0.15, 0.2) is 0 Å². The second-order valence-electron chi connectivity index (χ2n) is 6.51. The van der Waals surface area contributed by atoms with Crippen LogP contribution in [0, 0.1) is 5.92 Å². The fraction of sp³-hybridized carbons (Fsp3) is 0.529. The van der Waals surface area contributed by atoms with Crippen LogP contribution in [-0.2, 0) is 11.0 Å². The minimum atomic E-state index is -3.88. The van der Waals surface area contributed by atoms with Crippen LogP contribution >= 0.6 is 7.60 Å². The Bertz CT molecular complexity index is 754. The number of anilines is 1. The van der Waals surface area contributed by atoms with Crippen molar-refractivity contribution >= 4 is 24.3 Å². The van der Waals surface area contributed by atoms with Gasteiger partial charge in [-0.05, 0) is 49.3 Å². The maximum absolute atomic E-state index is 11.0. The summed E-state index contributed by atoms with van der Waals surface area (Å²) in [6.07, 6.45) is 5.09. The van der Waals surface area contributed by atoms with E-state index >= 15 is 0 Å². The first-order valence-electron chi connectivity index (χ1n) is 8.49. The molecule has 1 aromatic carbocycles. The van der Waals surface area contributed by atoms with Crippen LogP contribution < -0.4 is 4.90 Å². The van der Waals surface area contributed by atoms with Crippen molar-refractivity contribution in [3.63, 3.8) is 0 Å². The molecule has 0 spiro atoms. The quantitative estimate of drug-likeness (QED) is 0.807. The minimum absolute atomic E-state index is 0.00605. The Kier molecular flexibility index (Phi) is 5.18. The zero-order chi connectivity index (χ0) is 17.2. The largest absolute Gasteiger partial charge is 0.356 e. The van der Waals surface area contributed by atoms with Gasteiger partial charge in [0.05, 0.1) is 11.7 Å². The molecular formula is C17H24N3O3P. The van der Waals surface area contributed by atoms with Crippen LogP contribution in [0.5, 0.6) is 0 Å². The Morgan fingerprint density at radius 1 is 1.25 bits per heavy atom. The van der Waals surface area contributed by atoms with E-state index in [1.54, 1.807) is 6.33 Å². The van der Waals surface area contributed by atoms with Crippen LogP contribution in [0.25, 0.3) is 10.9 Å². The monoisotopic (exact) mass is 349 g/mol. The van der Waals surface area contributed by atoms with Crippen molar-refractivity contribution in [1.29, 1.82) is 0 Å². The van der Waals surface area contributed by atoms with E-state index in [0.29, 0.717) is 12.3 Å². The molecule has 0 bridgehead atoms. The molecule has 1 fully saturated rings. The number of fused-ring (bicyclic) bond motifs is 1. The van der Waals surface area contributed by atoms with Crippen molar-refractivity contribution in [3.8, 4) is 0 Å². The zero-order valence-electron chi connectivity index (χ0n) is 13.9. The predicted molar refractivity (Wildman–Crippen MR) is 95.4 cm³/mol. The lowest BCUT2D eigenvalue weighted by molar-refractivity contribution is 0.350. The molecule has 0 atom stereocenters. The maximum atomic E-state index is 11.0. The Morgan fingerprint density at radius 2 is 2.00 bits per heavy atom. The molecule has 24 heavy (non-hydrogen) atoms. The highest BCUT2D eigenvalue weighted by Crippen LogP contribution is 2.38. The van der Waals surface area contributed by atoms with Crippen LogP contribution in [0.3, 0.4) is 0 Å². The van der Waals surface area contributed by atoms with E-state index < -0.39 is 7.60 Å². The third kappa shape index (κ3) is 4.12. The summed E-state index contributed by atoms with van der Waals surface area (Å²) in [7, 11) is -3.88. The Hall–Kier alpha value is -1.49. The zero-order valence-corrected chi connectivity index (χ0v) is 14.8. The minimum Gasteiger partial charge on any atom is -0.356 e. The molecule has 1 aliphatic heterocycles. The highest BCUT2D eigenvalue weighted by atomic mass is 31.2. The molecule has 3 rings (SSSR count). The first-order chi connectivity index (χ1) is 11.5. The highest BCUT2D eigenvalue weighted by Gasteiger charge is 2.24. The summed E-state index contributed by atoms with van der Waals surface area (Å²) in [5, 5.41) is 1.07. The van der Waals surface area contributed by atoms with Gasteiger partial charge in [-0.2, -0.15) is 0 Å². The number of nitrogens with zero attached hydrogens (tertiary/aromatic N) is 3. The van der Waals surface area contributed by atoms with Gasteiger partial charge in [0.1, 0.15) is 12.1 Å². The normalized spacial score (nSPS) is 16.7. The van der Waals surface area contributed by atoms with Crippen molar-refractivity contribution in [2.45, 2.75) is 32.6 Å². The van der Waals surface area contributed by atoms with Gasteiger partial charge in [-0.15, -0.1) is 0 Å². The summed E-state index contributed by atoms with van der Waals surface area (Å²) in [5.41, 5.74) is 2.24. The van der Waals surface area contributed by atoms with Crippen molar-refractivity contribution in [1.82, 2.24) is 9.97 Å². The topological polar surface area (TPSA) is 86.6 Å². The Morgan fingerprint density at radius 3 is 2.67 bits per heavy atom. The van der Waals surface area contributed by atoms with Gasteiger partial charge in [-0.3, -0.25) is 4.57 Å². The third-order valence-electron chi connectivity index (χ3n) is 4.83. The van der Waals surface area contributed by atoms with E-state index in [4.69, 9.17) is 9.79 Å². The van der Waals surface area contributed by atoms with Gasteiger partial charge in [-0.1, -0.05) is 13.0 Å². The Balaban J connectivity index is 1.70. The molecule has 7 heteroatoms. The van der Waals surface area contributed by atoms with Gasteiger partial charge in [0.25, 0.3) is 0 Å². The van der Waals surface area contributed by atoms with Crippen molar-refractivity contribution < 1.29 is 14.4 Å². The van der Waals surface area contributed by atoms with E-state index in [2.05, 4.69) is 40.0 Å². The number of hydrogen-bond acceptors (Lipinski definition) is 4. The SMILES string of the molecule is CCc1ccc2c(N3CCC(CCP(=O)(O)O)CC3)ncnc2c1. The number of rotatable bonds is 5. The average Bonchev–Trinajstić information content (AvgIpc) is 2.59. The van der Waals surface area contributed by atoms with Crippen LogP contribution in [0.2, 0.25) is 0 Å². The summed E-state index contributed by atoms with van der Waals surface area (Å²) in [5.74, 6) is 1.35. The summed E-state index contributed by atoms with van der Waals surface area (Å²) < 4.78 is 11.0. The van der Waals surface area contributed by atoms with Crippen molar-refractivity contribution in [2.75, 3.05) is 24.2 Å². The van der Waals surface area contributed by atoms with E-state index in [-0.39, 0.29) is 6.16 Å². The summed E-state index contributed by atoms with van der Waals surface area (Å²) in [4.78, 5) is 29.2. The molecule has 2 heterocycles. The molecule has 0 unspecified atom stereocenters. The van der Waals surface area contributed by atoms with E-state index in [0.717, 1.165) is 49.1 Å². The number of hydrogen-bond donors (Lipinski definition) is 2. The summed E-state index contributed by atoms with van der Waals surface area (Å²) >= 11 is 0. The summed E-state index contributed by atoms with van der Waals surface area (Å²) in [6, 6.07) is 6.35. The smallest absolute Gasteiger partial charge is 0.325 e. The molecule has 6 nitrogen and oxygen atoms in total. The van der Waals surface area contributed by atoms with Crippen LogP contribution in [0.15, 0.2) is 24.5 Å². The van der Waals surface area contributed by atoms with E-state index in [1.807, 2.05) is 0 Å². The standard InChI is InChI=1S/C17H24N3O3P/c1-2-13-3-4-15-16(11-13)18-12-19-17(15)20-8-5-14(6-9-20)7-10-24(21,22)23/h3-4,11-12,14H,2,5-10H2,1H3,(H2,21,22,23). The van der Waals surface area contributed by atoms with Gasteiger partial charge < -0.3 is 14.7 Å². The van der Waals surface area contributed by atoms with E-state index in [1.165, 1.54) is 5.56 Å². The molecular weight excluding hydrogens is 325 g/mol. The fourth-order valence-electron chi connectivity index (χ4n) is 3.34. The fourth-order valence-corrected chi connectivity index (χ4v) is 4.05. The lowest BCUT2D eigenvalue weighted by atomic mass is 9.94. The molecule has 0 radical (unpaired) electrons. The average molecular weight is 349 g/mol. The Labute approximate surface area is 142 Å². The first-order valence-corrected chi connectivity index (χ1v) is 10.3. The molecule has 2 aromatic rings. The predicted octanol–water partition coefficient (Wildman–Crippen LogP) is 2.98. The van der Waals surface area contributed by atoms with Crippen LogP contribution in [-0.4, -0.2) is 39.0 Å². The molecule has 2 N–H and O–H groups in total. The molecule has 0 saturated carbocycles. The lowest BCUT2D eigenvalue weighted by Gasteiger charge is -2.33. The first kappa shape index (κ1) is 17.3. The molecule has 1 aromatic heterocycles. The van der Waals surface area contributed by atoms with Gasteiger partial charge in [0.2, 0.25) is 0 Å². The van der Waals surface area contributed by atoms with Crippen LogP contribution in [0.1, 0.15) is 31.7 Å². The molecule has 0 amide bonds. The number of aromatic nitrogens is 2. The lowest BCUT2D eigenvalue weighted by Crippen LogP contribution is -2.34. The van der Waals surface area contributed by atoms with Gasteiger partial charge >= 0.3 is 7.60 Å². The molecule has 0 aliphatic carbocycles. The van der Waals surface area contributed by atoms with Gasteiger partial charge in [0, 0.05) is 18.5 Å². The van der Waals surface area contributed by atoms with E-state index in [9.17, 15) is 4.57 Å². The van der Waals surface area contributed by atoms with Gasteiger partial charge in [-0.25, -0.2) is 9.97 Å². The molecule has 1 aliphatic rings. The molecule has 130 valence electrons. The second-order valence-corrected chi connectivity index (χ2v) is 8.29. The number of piperidine rings is 1. The second kappa shape index (κ2) is 7.18. The maximum Gasteiger partial charge on any atom is 0.325 e. The highest BCUT2D eigenvalue weighted by molar-refractivity contribution is 7.51. The van der Waals surface area contributed by atoms with Crippen molar-refractivity contribution in [3.05, 3.63) is 30.1 Å². The van der Waals surface area contributed by atoms with Crippen LogP contribution in [0.4, 0.5) is 5.82 Å². The number of aryl methyl sites for hydroxylation is 1. The number of benzene rings is 1. The molecule has 1 saturated heterocycles.